The van der Waals surface area contributed by atoms with Gasteiger partial charge in [0.2, 0.25) is 0 Å². The van der Waals surface area contributed by atoms with Crippen molar-refractivity contribution >= 4 is 39.0 Å². The van der Waals surface area contributed by atoms with Crippen LogP contribution in [-0.4, -0.2) is 26.7 Å². The molecule has 0 bridgehead atoms. The second-order valence-corrected chi connectivity index (χ2v) is 6.71. The number of benzene rings is 1. The summed E-state index contributed by atoms with van der Waals surface area (Å²) in [5, 5.41) is 0.383. The first-order valence-electron chi connectivity index (χ1n) is 5.70. The number of rotatable bonds is 6. The number of sulfone groups is 1. The number of hydrogen-bond donors (Lipinski definition) is 0. The van der Waals surface area contributed by atoms with Gasteiger partial charge in [-0.05, 0) is 24.6 Å². The minimum Gasteiger partial charge on any atom is -0.465 e. The third kappa shape index (κ3) is 5.01. The van der Waals surface area contributed by atoms with Gasteiger partial charge in [-0.25, -0.2) is 8.42 Å². The van der Waals surface area contributed by atoms with Gasteiger partial charge in [-0.3, -0.25) is 4.79 Å². The fourth-order valence-corrected chi connectivity index (χ4v) is 2.78. The Morgan fingerprint density at radius 2 is 1.95 bits per heavy atom. The lowest BCUT2D eigenvalue weighted by Gasteiger charge is -2.06. The molecule has 1 aromatic rings. The van der Waals surface area contributed by atoms with Gasteiger partial charge in [0.25, 0.3) is 0 Å². The number of esters is 1. The van der Waals surface area contributed by atoms with Gasteiger partial charge >= 0.3 is 5.97 Å². The van der Waals surface area contributed by atoms with Crippen molar-refractivity contribution in [3.05, 3.63) is 28.2 Å². The Kier molecular flexibility index (Phi) is 6.10. The van der Waals surface area contributed by atoms with Crippen LogP contribution >= 0.6 is 23.2 Å². The van der Waals surface area contributed by atoms with Gasteiger partial charge in [-0.2, -0.15) is 0 Å². The van der Waals surface area contributed by atoms with E-state index in [1.54, 1.807) is 0 Å². The molecule has 0 spiro atoms. The zero-order chi connectivity index (χ0) is 14.5. The van der Waals surface area contributed by atoms with E-state index in [1.165, 1.54) is 18.2 Å². The highest BCUT2D eigenvalue weighted by Gasteiger charge is 2.21. The number of hydrogen-bond acceptors (Lipinski definition) is 4. The predicted molar refractivity (Wildman–Crippen MR) is 74.4 cm³/mol. The lowest BCUT2D eigenvalue weighted by molar-refractivity contribution is -0.140. The van der Waals surface area contributed by atoms with Crippen LogP contribution in [0.15, 0.2) is 23.1 Å². The molecule has 7 heteroatoms. The first-order chi connectivity index (χ1) is 8.86. The zero-order valence-electron chi connectivity index (χ0n) is 10.4. The highest BCUT2D eigenvalue weighted by atomic mass is 35.5. The van der Waals surface area contributed by atoms with E-state index in [9.17, 15) is 13.2 Å². The van der Waals surface area contributed by atoms with Crippen LogP contribution in [0.5, 0.6) is 0 Å². The molecule has 4 nitrogen and oxygen atoms in total. The monoisotopic (exact) mass is 324 g/mol. The van der Waals surface area contributed by atoms with Crippen molar-refractivity contribution in [2.75, 3.05) is 12.4 Å². The highest BCUT2D eigenvalue weighted by Crippen LogP contribution is 2.25. The molecule has 0 fully saturated rings. The molecule has 0 aromatic heterocycles. The molecule has 0 aliphatic heterocycles. The Labute approximate surface area is 122 Å². The molecule has 0 aliphatic carbocycles. The van der Waals surface area contributed by atoms with Crippen molar-refractivity contribution in [2.45, 2.75) is 24.7 Å². The normalized spacial score (nSPS) is 11.3. The quantitative estimate of drug-likeness (QED) is 0.596. The number of halogens is 2. The van der Waals surface area contributed by atoms with Gasteiger partial charge in [0.1, 0.15) is 0 Å². The number of carbonyl (C=O) groups excluding carboxylic acids is 1. The van der Waals surface area contributed by atoms with E-state index in [1.807, 2.05) is 6.92 Å². The average Bonchev–Trinajstić information content (AvgIpc) is 2.32. The van der Waals surface area contributed by atoms with E-state index in [4.69, 9.17) is 27.9 Å². The van der Waals surface area contributed by atoms with Gasteiger partial charge in [0.05, 0.1) is 21.5 Å². The van der Waals surface area contributed by atoms with Crippen molar-refractivity contribution in [1.82, 2.24) is 0 Å². The van der Waals surface area contributed by atoms with Crippen LogP contribution in [-0.2, 0) is 19.4 Å². The first-order valence-corrected chi connectivity index (χ1v) is 8.11. The third-order valence-electron chi connectivity index (χ3n) is 2.32. The van der Waals surface area contributed by atoms with Crippen molar-refractivity contribution in [1.29, 1.82) is 0 Å². The summed E-state index contributed by atoms with van der Waals surface area (Å²) < 4.78 is 28.7. The van der Waals surface area contributed by atoms with E-state index in [0.717, 1.165) is 6.42 Å². The molecule has 0 amide bonds. The molecule has 0 aliphatic rings. The van der Waals surface area contributed by atoms with E-state index in [0.29, 0.717) is 6.42 Å². The minimum absolute atomic E-state index is 0.0469. The summed E-state index contributed by atoms with van der Waals surface area (Å²) in [6.45, 7) is 2.17. The van der Waals surface area contributed by atoms with E-state index >= 15 is 0 Å². The maximum Gasteiger partial charge on any atom is 0.321 e. The van der Waals surface area contributed by atoms with Crippen LogP contribution in [0.2, 0.25) is 10.0 Å². The topological polar surface area (TPSA) is 60.4 Å². The van der Waals surface area contributed by atoms with E-state index in [-0.39, 0.29) is 21.5 Å². The van der Waals surface area contributed by atoms with Crippen LogP contribution in [0.1, 0.15) is 19.8 Å². The molecule has 0 N–H and O–H groups in total. The summed E-state index contributed by atoms with van der Waals surface area (Å²) in [5.41, 5.74) is 0. The maximum atomic E-state index is 11.9. The SMILES string of the molecule is CCCCOC(=O)CS(=O)(=O)c1ccc(Cl)c(Cl)c1. The molecule has 0 saturated carbocycles. The smallest absolute Gasteiger partial charge is 0.321 e. The van der Waals surface area contributed by atoms with Crippen LogP contribution in [0, 0.1) is 0 Å². The predicted octanol–water partition coefficient (Wildman–Crippen LogP) is 3.11. The van der Waals surface area contributed by atoms with Crippen LogP contribution in [0.25, 0.3) is 0 Å². The van der Waals surface area contributed by atoms with Gasteiger partial charge in [-0.1, -0.05) is 36.5 Å². The van der Waals surface area contributed by atoms with E-state index in [2.05, 4.69) is 0 Å². The lowest BCUT2D eigenvalue weighted by atomic mass is 10.4. The number of ether oxygens (including phenoxy) is 1. The maximum absolute atomic E-state index is 11.9. The van der Waals surface area contributed by atoms with Crippen LogP contribution in [0.3, 0.4) is 0 Å². The second kappa shape index (κ2) is 7.12. The summed E-state index contributed by atoms with van der Waals surface area (Å²) in [6, 6.07) is 3.90. The molecule has 0 radical (unpaired) electrons. The molecule has 1 aromatic carbocycles. The molecular formula is C12H14Cl2O4S. The zero-order valence-corrected chi connectivity index (χ0v) is 12.7. The molecule has 0 unspecified atom stereocenters. The molecular weight excluding hydrogens is 311 g/mol. The Balaban J connectivity index is 2.75. The van der Waals surface area contributed by atoms with E-state index < -0.39 is 21.6 Å². The minimum atomic E-state index is -3.75. The van der Waals surface area contributed by atoms with Crippen molar-refractivity contribution in [3.8, 4) is 0 Å². The van der Waals surface area contributed by atoms with Gasteiger partial charge < -0.3 is 4.74 Å². The summed E-state index contributed by atoms with van der Waals surface area (Å²) in [7, 11) is -3.75. The first kappa shape index (κ1) is 16.3. The van der Waals surface area contributed by atoms with Crippen molar-refractivity contribution in [3.63, 3.8) is 0 Å². The molecule has 106 valence electrons. The summed E-state index contributed by atoms with van der Waals surface area (Å²) in [5.74, 6) is -1.46. The standard InChI is InChI=1S/C12H14Cl2O4S/c1-2-3-6-18-12(15)8-19(16,17)9-4-5-10(13)11(14)7-9/h4-5,7H,2-3,6,8H2,1H3. The third-order valence-corrected chi connectivity index (χ3v) is 4.65. The van der Waals surface area contributed by atoms with Gasteiger partial charge in [-0.15, -0.1) is 0 Å². The second-order valence-electron chi connectivity index (χ2n) is 3.91. The van der Waals surface area contributed by atoms with Crippen molar-refractivity contribution in [2.24, 2.45) is 0 Å². The van der Waals surface area contributed by atoms with Crippen molar-refractivity contribution < 1.29 is 17.9 Å². The number of unbranched alkanes of at least 4 members (excludes halogenated alkanes) is 1. The fraction of sp³-hybridized carbons (Fsp3) is 0.417. The van der Waals surface area contributed by atoms with Gasteiger partial charge in [0, 0.05) is 0 Å². The average molecular weight is 325 g/mol. The Bertz CT molecular complexity index is 555. The largest absolute Gasteiger partial charge is 0.465 e. The molecule has 1 rings (SSSR count). The summed E-state index contributed by atoms with van der Waals surface area (Å²) >= 11 is 11.4. The van der Waals surface area contributed by atoms with Crippen LogP contribution < -0.4 is 0 Å². The Hall–Kier alpha value is -0.780. The summed E-state index contributed by atoms with van der Waals surface area (Å²) in [6.07, 6.45) is 1.57. The molecule has 0 saturated heterocycles. The molecule has 0 heterocycles. The van der Waals surface area contributed by atoms with Crippen LogP contribution in [0.4, 0.5) is 0 Å². The lowest BCUT2D eigenvalue weighted by Crippen LogP contribution is -2.19. The number of carbonyl (C=O) groups is 1. The summed E-state index contributed by atoms with van der Waals surface area (Å²) in [4.78, 5) is 11.4. The van der Waals surface area contributed by atoms with Gasteiger partial charge in [0.15, 0.2) is 15.6 Å². The fourth-order valence-electron chi connectivity index (χ4n) is 1.28. The molecule has 19 heavy (non-hydrogen) atoms. The molecule has 0 atom stereocenters. The Morgan fingerprint density at radius 3 is 2.53 bits per heavy atom. The highest BCUT2D eigenvalue weighted by molar-refractivity contribution is 7.92. The Morgan fingerprint density at radius 1 is 1.26 bits per heavy atom.